The summed E-state index contributed by atoms with van der Waals surface area (Å²) >= 11 is 0. The minimum atomic E-state index is -0.295. The lowest BCUT2D eigenvalue weighted by molar-refractivity contribution is -0.120. The van der Waals surface area contributed by atoms with Gasteiger partial charge in [-0.2, -0.15) is 0 Å². The van der Waals surface area contributed by atoms with Gasteiger partial charge in [0.1, 0.15) is 5.82 Å². The molecular formula is C15H23FN4O. The number of carbonyl (C=O) groups is 1. The van der Waals surface area contributed by atoms with Gasteiger partial charge in [-0.05, 0) is 32.2 Å². The molecule has 1 fully saturated rings. The molecule has 0 bridgehead atoms. The van der Waals surface area contributed by atoms with Crippen LogP contribution in [0.15, 0.2) is 18.2 Å². The fourth-order valence-corrected chi connectivity index (χ4v) is 2.59. The zero-order valence-electron chi connectivity index (χ0n) is 12.6. The van der Waals surface area contributed by atoms with Gasteiger partial charge in [0.2, 0.25) is 5.91 Å². The van der Waals surface area contributed by atoms with Crippen LogP contribution in [0.4, 0.5) is 10.1 Å². The summed E-state index contributed by atoms with van der Waals surface area (Å²) in [4.78, 5) is 16.0. The number of nitrogens with one attached hydrogen (secondary N) is 1. The highest BCUT2D eigenvalue weighted by Crippen LogP contribution is 2.28. The van der Waals surface area contributed by atoms with Crippen LogP contribution in [0.1, 0.15) is 18.5 Å². The Morgan fingerprint density at radius 1 is 1.38 bits per heavy atom. The number of benzene rings is 1. The molecule has 6 heteroatoms. The van der Waals surface area contributed by atoms with Crippen LogP contribution in [0.5, 0.6) is 0 Å². The molecule has 21 heavy (non-hydrogen) atoms. The SMILES string of the molecule is CC(NC(=O)CN)c1cc(F)ccc1N1CCN(C)CC1. The van der Waals surface area contributed by atoms with Crippen LogP contribution in [-0.2, 0) is 4.79 Å². The normalized spacial score (nSPS) is 17.6. The Labute approximate surface area is 124 Å². The molecule has 1 aliphatic rings. The molecule has 1 atom stereocenters. The van der Waals surface area contributed by atoms with Gasteiger partial charge in [-0.3, -0.25) is 4.79 Å². The minimum Gasteiger partial charge on any atom is -0.369 e. The van der Waals surface area contributed by atoms with E-state index < -0.39 is 0 Å². The highest BCUT2D eigenvalue weighted by atomic mass is 19.1. The number of carbonyl (C=O) groups excluding carboxylic acids is 1. The molecule has 5 nitrogen and oxygen atoms in total. The summed E-state index contributed by atoms with van der Waals surface area (Å²) in [6, 6.07) is 4.48. The first kappa shape index (κ1) is 15.7. The van der Waals surface area contributed by atoms with Crippen LogP contribution in [0.2, 0.25) is 0 Å². The lowest BCUT2D eigenvalue weighted by Crippen LogP contribution is -2.45. The van der Waals surface area contributed by atoms with Crippen molar-refractivity contribution in [2.45, 2.75) is 13.0 Å². The number of nitrogens with two attached hydrogens (primary N) is 1. The lowest BCUT2D eigenvalue weighted by atomic mass is 10.0. The number of piperazine rings is 1. The van der Waals surface area contributed by atoms with Crippen LogP contribution in [0.3, 0.4) is 0 Å². The third-order valence-electron chi connectivity index (χ3n) is 3.86. The number of anilines is 1. The molecule has 116 valence electrons. The van der Waals surface area contributed by atoms with E-state index in [9.17, 15) is 9.18 Å². The molecule has 0 saturated carbocycles. The quantitative estimate of drug-likeness (QED) is 0.859. The fourth-order valence-electron chi connectivity index (χ4n) is 2.59. The van der Waals surface area contributed by atoms with E-state index in [4.69, 9.17) is 5.73 Å². The van der Waals surface area contributed by atoms with Gasteiger partial charge in [0.15, 0.2) is 0 Å². The smallest absolute Gasteiger partial charge is 0.234 e. The monoisotopic (exact) mass is 294 g/mol. The number of amides is 1. The minimum absolute atomic E-state index is 0.0660. The number of rotatable bonds is 4. The molecule has 1 amide bonds. The molecule has 0 aliphatic carbocycles. The predicted octanol–water partition coefficient (Wildman–Crippen LogP) is 0.713. The summed E-state index contributed by atoms with van der Waals surface area (Å²) in [5.74, 6) is -0.534. The zero-order chi connectivity index (χ0) is 15.4. The Morgan fingerprint density at radius 3 is 2.67 bits per heavy atom. The molecule has 1 aromatic carbocycles. The zero-order valence-corrected chi connectivity index (χ0v) is 12.6. The first-order valence-electron chi connectivity index (χ1n) is 7.23. The third kappa shape index (κ3) is 3.92. The maximum Gasteiger partial charge on any atom is 0.234 e. The highest BCUT2D eigenvalue weighted by molar-refractivity contribution is 5.78. The van der Waals surface area contributed by atoms with Gasteiger partial charge in [0, 0.05) is 37.4 Å². The summed E-state index contributed by atoms with van der Waals surface area (Å²) < 4.78 is 13.6. The van der Waals surface area contributed by atoms with Crippen molar-refractivity contribution in [3.05, 3.63) is 29.6 Å². The molecule has 1 saturated heterocycles. The number of hydrogen-bond acceptors (Lipinski definition) is 4. The van der Waals surface area contributed by atoms with Crippen molar-refractivity contribution in [3.8, 4) is 0 Å². The van der Waals surface area contributed by atoms with E-state index in [1.807, 2.05) is 6.92 Å². The van der Waals surface area contributed by atoms with Crippen molar-refractivity contribution >= 4 is 11.6 Å². The maximum absolute atomic E-state index is 13.6. The molecule has 0 aromatic heterocycles. The van der Waals surface area contributed by atoms with Crippen molar-refractivity contribution in [3.63, 3.8) is 0 Å². The number of hydrogen-bond donors (Lipinski definition) is 2. The van der Waals surface area contributed by atoms with E-state index >= 15 is 0 Å². The van der Waals surface area contributed by atoms with Crippen LogP contribution in [0.25, 0.3) is 0 Å². The van der Waals surface area contributed by atoms with Gasteiger partial charge in [0.25, 0.3) is 0 Å². The number of likely N-dealkylation sites (N-methyl/N-ethyl adjacent to an activating group) is 1. The molecule has 0 radical (unpaired) electrons. The van der Waals surface area contributed by atoms with Crippen LogP contribution < -0.4 is 16.0 Å². The second-order valence-electron chi connectivity index (χ2n) is 5.49. The summed E-state index contributed by atoms with van der Waals surface area (Å²) in [5.41, 5.74) is 7.10. The summed E-state index contributed by atoms with van der Waals surface area (Å²) in [5, 5.41) is 2.79. The Hall–Kier alpha value is -1.66. The first-order valence-corrected chi connectivity index (χ1v) is 7.23. The highest BCUT2D eigenvalue weighted by Gasteiger charge is 2.20. The molecule has 1 unspecified atom stereocenters. The van der Waals surface area contributed by atoms with Gasteiger partial charge in [-0.25, -0.2) is 4.39 Å². The first-order chi connectivity index (χ1) is 10.0. The van der Waals surface area contributed by atoms with Crippen LogP contribution in [-0.4, -0.2) is 50.6 Å². The Kier molecular flexibility index (Phi) is 5.14. The largest absolute Gasteiger partial charge is 0.369 e. The van der Waals surface area contributed by atoms with Gasteiger partial charge < -0.3 is 20.9 Å². The lowest BCUT2D eigenvalue weighted by Gasteiger charge is -2.36. The molecular weight excluding hydrogens is 271 g/mol. The molecule has 2 rings (SSSR count). The Morgan fingerprint density at radius 2 is 2.05 bits per heavy atom. The van der Waals surface area contributed by atoms with E-state index in [1.165, 1.54) is 12.1 Å². The van der Waals surface area contributed by atoms with Crippen molar-refractivity contribution < 1.29 is 9.18 Å². The fraction of sp³-hybridized carbons (Fsp3) is 0.533. The molecule has 0 spiro atoms. The molecule has 1 heterocycles. The summed E-state index contributed by atoms with van der Waals surface area (Å²) in [7, 11) is 2.09. The predicted molar refractivity (Wildman–Crippen MR) is 81.7 cm³/mol. The van der Waals surface area contributed by atoms with Gasteiger partial charge >= 0.3 is 0 Å². The van der Waals surface area contributed by atoms with Gasteiger partial charge in [0.05, 0.1) is 12.6 Å². The topological polar surface area (TPSA) is 61.6 Å². The van der Waals surface area contributed by atoms with Crippen LogP contribution >= 0.6 is 0 Å². The van der Waals surface area contributed by atoms with E-state index in [2.05, 4.69) is 22.2 Å². The van der Waals surface area contributed by atoms with Crippen molar-refractivity contribution in [1.82, 2.24) is 10.2 Å². The molecule has 1 aliphatic heterocycles. The second kappa shape index (κ2) is 6.87. The van der Waals surface area contributed by atoms with E-state index in [-0.39, 0.29) is 24.3 Å². The third-order valence-corrected chi connectivity index (χ3v) is 3.86. The Balaban J connectivity index is 2.22. The van der Waals surface area contributed by atoms with Gasteiger partial charge in [-0.1, -0.05) is 0 Å². The number of halogens is 1. The molecule has 1 aromatic rings. The van der Waals surface area contributed by atoms with Gasteiger partial charge in [-0.15, -0.1) is 0 Å². The maximum atomic E-state index is 13.6. The van der Waals surface area contributed by atoms with Crippen molar-refractivity contribution in [1.29, 1.82) is 0 Å². The second-order valence-corrected chi connectivity index (χ2v) is 5.49. The number of nitrogens with zero attached hydrogens (tertiary/aromatic N) is 2. The van der Waals surface area contributed by atoms with E-state index in [0.717, 1.165) is 37.4 Å². The Bertz CT molecular complexity index is 500. The standard InChI is InChI=1S/C15H23FN4O/c1-11(18-15(21)10-17)13-9-12(16)3-4-14(13)20-7-5-19(2)6-8-20/h3-4,9,11H,5-8,10,17H2,1-2H3,(H,18,21). The average molecular weight is 294 g/mol. The summed E-state index contributed by atoms with van der Waals surface area (Å²) in [6.45, 7) is 5.52. The molecule has 3 N–H and O–H groups in total. The van der Waals surface area contributed by atoms with E-state index in [0.29, 0.717) is 0 Å². The summed E-state index contributed by atoms with van der Waals surface area (Å²) in [6.07, 6.45) is 0. The van der Waals surface area contributed by atoms with Crippen molar-refractivity contribution in [2.24, 2.45) is 5.73 Å². The van der Waals surface area contributed by atoms with E-state index in [1.54, 1.807) is 6.07 Å². The average Bonchev–Trinajstić information content (AvgIpc) is 2.48. The van der Waals surface area contributed by atoms with Crippen LogP contribution in [0, 0.1) is 5.82 Å². The van der Waals surface area contributed by atoms with Crippen molar-refractivity contribution in [2.75, 3.05) is 44.7 Å².